The van der Waals surface area contributed by atoms with Crippen LogP contribution in [0, 0.1) is 5.92 Å². The van der Waals surface area contributed by atoms with Crippen molar-refractivity contribution in [3.63, 3.8) is 0 Å². The molecule has 0 aromatic heterocycles. The maximum Gasteiger partial charge on any atom is 0.0166 e. The van der Waals surface area contributed by atoms with Gasteiger partial charge in [0.15, 0.2) is 0 Å². The van der Waals surface area contributed by atoms with Crippen molar-refractivity contribution in [2.24, 2.45) is 5.92 Å². The van der Waals surface area contributed by atoms with Crippen molar-refractivity contribution in [1.82, 2.24) is 10.2 Å². The molecule has 0 rings (SSSR count). The molecule has 1 N–H and O–H groups in total. The Bertz CT molecular complexity index is 128. The van der Waals surface area contributed by atoms with Gasteiger partial charge in [-0.05, 0) is 32.5 Å². The van der Waals surface area contributed by atoms with Gasteiger partial charge < -0.3 is 10.2 Å². The number of hydrogen-bond donors (Lipinski definition) is 1. The predicted octanol–water partition coefficient (Wildman–Crippen LogP) is 2.74. The average Bonchev–Trinajstić information content (AvgIpc) is 2.27. The second kappa shape index (κ2) is 9.17. The molecule has 0 aromatic carbocycles. The Morgan fingerprint density at radius 1 is 1.00 bits per heavy atom. The van der Waals surface area contributed by atoms with Crippen molar-refractivity contribution in [2.75, 3.05) is 26.2 Å². The van der Waals surface area contributed by atoms with Crippen LogP contribution in [-0.2, 0) is 0 Å². The lowest BCUT2D eigenvalue weighted by Crippen LogP contribution is -2.40. The van der Waals surface area contributed by atoms with Crippen LogP contribution in [-0.4, -0.2) is 37.1 Å². The van der Waals surface area contributed by atoms with Gasteiger partial charge >= 0.3 is 0 Å². The molecule has 1 unspecified atom stereocenters. The fourth-order valence-electron chi connectivity index (χ4n) is 1.88. The molecule has 92 valence electrons. The molecule has 0 radical (unpaired) electrons. The number of hydrogen-bond acceptors (Lipinski definition) is 2. The summed E-state index contributed by atoms with van der Waals surface area (Å²) < 4.78 is 0. The zero-order chi connectivity index (χ0) is 11.7. The van der Waals surface area contributed by atoms with E-state index in [-0.39, 0.29) is 0 Å². The minimum absolute atomic E-state index is 0.616. The van der Waals surface area contributed by atoms with E-state index in [0.717, 1.165) is 19.0 Å². The van der Waals surface area contributed by atoms with Gasteiger partial charge in [0.2, 0.25) is 0 Å². The van der Waals surface area contributed by atoms with Crippen molar-refractivity contribution in [2.45, 2.75) is 53.5 Å². The lowest BCUT2D eigenvalue weighted by molar-refractivity contribution is 0.264. The van der Waals surface area contributed by atoms with E-state index in [9.17, 15) is 0 Å². The van der Waals surface area contributed by atoms with Gasteiger partial charge in [-0.2, -0.15) is 0 Å². The SMILES string of the molecule is CCC(CC)CNC(C)CN(CC)CC. The first-order valence-electron chi connectivity index (χ1n) is 6.63. The fourth-order valence-corrected chi connectivity index (χ4v) is 1.88. The van der Waals surface area contributed by atoms with Crippen molar-refractivity contribution in [1.29, 1.82) is 0 Å². The van der Waals surface area contributed by atoms with E-state index in [1.54, 1.807) is 0 Å². The Morgan fingerprint density at radius 2 is 1.53 bits per heavy atom. The molecule has 2 heteroatoms. The summed E-state index contributed by atoms with van der Waals surface area (Å²) in [6.07, 6.45) is 2.59. The summed E-state index contributed by atoms with van der Waals surface area (Å²) in [4.78, 5) is 2.48. The summed E-state index contributed by atoms with van der Waals surface area (Å²) in [6, 6.07) is 0.616. The lowest BCUT2D eigenvalue weighted by atomic mass is 10.0. The summed E-state index contributed by atoms with van der Waals surface area (Å²) in [7, 11) is 0. The maximum absolute atomic E-state index is 3.64. The second-order valence-electron chi connectivity index (χ2n) is 4.48. The van der Waals surface area contributed by atoms with Crippen molar-refractivity contribution in [3.05, 3.63) is 0 Å². The van der Waals surface area contributed by atoms with Gasteiger partial charge in [0, 0.05) is 12.6 Å². The molecule has 2 nitrogen and oxygen atoms in total. The van der Waals surface area contributed by atoms with E-state index in [2.05, 4.69) is 44.8 Å². The van der Waals surface area contributed by atoms with Gasteiger partial charge in [-0.3, -0.25) is 0 Å². The number of likely N-dealkylation sites (N-methyl/N-ethyl adjacent to an activating group) is 1. The zero-order valence-electron chi connectivity index (χ0n) is 11.3. The Morgan fingerprint density at radius 3 is 1.93 bits per heavy atom. The molecule has 0 aromatic rings. The third kappa shape index (κ3) is 6.91. The molecule has 0 spiro atoms. The minimum atomic E-state index is 0.616. The average molecular weight is 214 g/mol. The van der Waals surface area contributed by atoms with E-state index >= 15 is 0 Å². The number of rotatable bonds is 9. The fraction of sp³-hybridized carbons (Fsp3) is 1.00. The molecule has 0 aliphatic heterocycles. The number of nitrogens with zero attached hydrogens (tertiary/aromatic N) is 1. The van der Waals surface area contributed by atoms with E-state index in [1.807, 2.05) is 0 Å². The quantitative estimate of drug-likeness (QED) is 0.635. The van der Waals surface area contributed by atoms with Gasteiger partial charge in [0.1, 0.15) is 0 Å². The molecule has 0 aliphatic carbocycles. The van der Waals surface area contributed by atoms with Gasteiger partial charge in [0.05, 0.1) is 0 Å². The molecule has 0 amide bonds. The van der Waals surface area contributed by atoms with E-state index in [0.29, 0.717) is 6.04 Å². The van der Waals surface area contributed by atoms with Crippen LogP contribution in [0.15, 0.2) is 0 Å². The maximum atomic E-state index is 3.64. The van der Waals surface area contributed by atoms with Crippen LogP contribution >= 0.6 is 0 Å². The van der Waals surface area contributed by atoms with Gasteiger partial charge in [-0.1, -0.05) is 40.5 Å². The molecule has 0 saturated heterocycles. The third-order valence-corrected chi connectivity index (χ3v) is 3.34. The van der Waals surface area contributed by atoms with Crippen LogP contribution in [0.4, 0.5) is 0 Å². The smallest absolute Gasteiger partial charge is 0.0166 e. The molecule has 15 heavy (non-hydrogen) atoms. The van der Waals surface area contributed by atoms with Crippen molar-refractivity contribution in [3.8, 4) is 0 Å². The highest BCUT2D eigenvalue weighted by molar-refractivity contribution is 4.68. The predicted molar refractivity (Wildman–Crippen MR) is 69.3 cm³/mol. The lowest BCUT2D eigenvalue weighted by Gasteiger charge is -2.25. The highest BCUT2D eigenvalue weighted by Gasteiger charge is 2.08. The molecular weight excluding hydrogens is 184 g/mol. The summed E-state index contributed by atoms with van der Waals surface area (Å²) >= 11 is 0. The molecule has 0 heterocycles. The monoisotopic (exact) mass is 214 g/mol. The first kappa shape index (κ1) is 14.9. The first-order chi connectivity index (χ1) is 7.17. The highest BCUT2D eigenvalue weighted by Crippen LogP contribution is 2.05. The van der Waals surface area contributed by atoms with E-state index < -0.39 is 0 Å². The summed E-state index contributed by atoms with van der Waals surface area (Å²) in [6.45, 7) is 16.0. The first-order valence-corrected chi connectivity index (χ1v) is 6.63. The number of nitrogens with one attached hydrogen (secondary N) is 1. The zero-order valence-corrected chi connectivity index (χ0v) is 11.3. The van der Waals surface area contributed by atoms with Crippen LogP contribution in [0.5, 0.6) is 0 Å². The highest BCUT2D eigenvalue weighted by atomic mass is 15.1. The van der Waals surface area contributed by atoms with Gasteiger partial charge in [0.25, 0.3) is 0 Å². The summed E-state index contributed by atoms with van der Waals surface area (Å²) in [5, 5.41) is 3.64. The van der Waals surface area contributed by atoms with Gasteiger partial charge in [-0.15, -0.1) is 0 Å². The van der Waals surface area contributed by atoms with Crippen molar-refractivity contribution >= 4 is 0 Å². The molecule has 0 aliphatic rings. The Labute approximate surface area is 96.4 Å². The van der Waals surface area contributed by atoms with E-state index in [1.165, 1.54) is 25.9 Å². The second-order valence-corrected chi connectivity index (χ2v) is 4.48. The topological polar surface area (TPSA) is 15.3 Å². The summed E-state index contributed by atoms with van der Waals surface area (Å²) in [5.74, 6) is 0.851. The Kier molecular flexibility index (Phi) is 9.12. The van der Waals surface area contributed by atoms with Crippen LogP contribution < -0.4 is 5.32 Å². The van der Waals surface area contributed by atoms with Crippen LogP contribution in [0.25, 0.3) is 0 Å². The van der Waals surface area contributed by atoms with E-state index in [4.69, 9.17) is 0 Å². The molecular formula is C13H30N2. The molecule has 1 atom stereocenters. The van der Waals surface area contributed by atoms with Crippen LogP contribution in [0.1, 0.15) is 47.5 Å². The van der Waals surface area contributed by atoms with Crippen LogP contribution in [0.2, 0.25) is 0 Å². The largest absolute Gasteiger partial charge is 0.313 e. The third-order valence-electron chi connectivity index (χ3n) is 3.34. The molecule has 0 bridgehead atoms. The standard InChI is InChI=1S/C13H30N2/c1-6-13(7-2)10-14-12(5)11-15(8-3)9-4/h12-14H,6-11H2,1-5H3. The normalized spacial score (nSPS) is 13.8. The van der Waals surface area contributed by atoms with Crippen LogP contribution in [0.3, 0.4) is 0 Å². The Balaban J connectivity index is 3.67. The molecule has 0 fully saturated rings. The summed E-state index contributed by atoms with van der Waals surface area (Å²) in [5.41, 5.74) is 0. The minimum Gasteiger partial charge on any atom is -0.313 e. The Hall–Kier alpha value is -0.0800. The van der Waals surface area contributed by atoms with Gasteiger partial charge in [-0.25, -0.2) is 0 Å². The van der Waals surface area contributed by atoms with Crippen molar-refractivity contribution < 1.29 is 0 Å². The molecule has 0 saturated carbocycles.